The lowest BCUT2D eigenvalue weighted by molar-refractivity contribution is 0.201. The van der Waals surface area contributed by atoms with Gasteiger partial charge in [0.25, 0.3) is 0 Å². The third kappa shape index (κ3) is 5.17. The quantitative estimate of drug-likeness (QED) is 0.672. The van der Waals surface area contributed by atoms with E-state index < -0.39 is 20.0 Å². The smallest absolute Gasteiger partial charge is 0.410 e. The third-order valence-electron chi connectivity index (χ3n) is 1.38. The average Bonchev–Trinajstić information content (AvgIpc) is 2.15. The molecule has 3 N–H and O–H groups in total. The molecule has 0 radical (unpaired) electrons. The average molecular weight is 231 g/mol. The summed E-state index contributed by atoms with van der Waals surface area (Å²) in [4.78, 5) is 27.9. The summed E-state index contributed by atoms with van der Waals surface area (Å²) in [6.07, 6.45) is -1.64. The predicted octanol–water partition coefficient (Wildman–Crippen LogP) is 0.910. The predicted molar refractivity (Wildman–Crippen MR) is 52.5 cm³/mol. The first-order valence-electron chi connectivity index (χ1n) is 4.03. The molecule has 0 bridgehead atoms. The van der Waals surface area contributed by atoms with Crippen LogP contribution in [0.25, 0.3) is 0 Å². The largest absolute Gasteiger partial charge is 0.413 e. The van der Waals surface area contributed by atoms with E-state index in [1.165, 1.54) is 0 Å². The van der Waals surface area contributed by atoms with Crippen LogP contribution >= 0.6 is 7.60 Å². The maximum atomic E-state index is 11.0. The van der Waals surface area contributed by atoms with Crippen LogP contribution in [0.2, 0.25) is 0 Å². The Morgan fingerprint density at radius 3 is 2.47 bits per heavy atom. The van der Waals surface area contributed by atoms with Gasteiger partial charge in [0.05, 0.1) is 0 Å². The zero-order valence-electron chi connectivity index (χ0n) is 7.66. The Morgan fingerprint density at radius 1 is 1.33 bits per heavy atom. The normalized spacial score (nSPS) is 10.8. The summed E-state index contributed by atoms with van der Waals surface area (Å²) in [6.45, 7) is 0. The van der Waals surface area contributed by atoms with Crippen LogP contribution in [0.4, 0.5) is 4.79 Å². The fourth-order valence-electron chi connectivity index (χ4n) is 0.799. The van der Waals surface area contributed by atoms with E-state index in [2.05, 4.69) is 0 Å². The maximum absolute atomic E-state index is 11.0. The second kappa shape index (κ2) is 4.93. The highest BCUT2D eigenvalue weighted by Crippen LogP contribution is 2.31. The van der Waals surface area contributed by atoms with Gasteiger partial charge in [-0.1, -0.05) is 18.2 Å². The van der Waals surface area contributed by atoms with Gasteiger partial charge in [0.15, 0.2) is 0 Å². The summed E-state index contributed by atoms with van der Waals surface area (Å²) >= 11 is 0. The van der Waals surface area contributed by atoms with Crippen molar-refractivity contribution in [2.75, 3.05) is 6.29 Å². The minimum absolute atomic E-state index is 0.306. The number of carbonyl (C=O) groups is 1. The molecular weight excluding hydrogens is 221 g/mol. The monoisotopic (exact) mass is 231 g/mol. The van der Waals surface area contributed by atoms with Crippen molar-refractivity contribution in [1.82, 2.24) is 5.32 Å². The summed E-state index contributed by atoms with van der Waals surface area (Å²) in [6, 6.07) is 8.20. The number of nitrogens with one attached hydrogen (secondary N) is 1. The van der Waals surface area contributed by atoms with Crippen LogP contribution in [0.5, 0.6) is 5.75 Å². The number of carbonyl (C=O) groups excluding carboxylic acids is 1. The Morgan fingerprint density at radius 2 is 1.93 bits per heavy atom. The van der Waals surface area contributed by atoms with E-state index in [4.69, 9.17) is 14.5 Å². The van der Waals surface area contributed by atoms with Crippen LogP contribution in [0.15, 0.2) is 30.3 Å². The van der Waals surface area contributed by atoms with Gasteiger partial charge in [-0.3, -0.25) is 4.57 Å². The van der Waals surface area contributed by atoms with E-state index in [0.29, 0.717) is 5.75 Å². The minimum Gasteiger partial charge on any atom is -0.410 e. The fourth-order valence-corrected chi connectivity index (χ4v) is 1.13. The molecule has 0 aliphatic heterocycles. The lowest BCUT2D eigenvalue weighted by Gasteiger charge is -2.06. The third-order valence-corrected chi connectivity index (χ3v) is 1.95. The van der Waals surface area contributed by atoms with E-state index in [0.717, 1.165) is 0 Å². The summed E-state index contributed by atoms with van der Waals surface area (Å²) in [5, 5.41) is 1.95. The molecule has 1 amide bonds. The number of benzene rings is 1. The Kier molecular flexibility index (Phi) is 3.85. The number of hydrogen-bond acceptors (Lipinski definition) is 3. The SMILES string of the molecule is O=C(NCP(=O)(O)O)Oc1ccccc1. The van der Waals surface area contributed by atoms with Gasteiger partial charge in [0.1, 0.15) is 12.0 Å². The van der Waals surface area contributed by atoms with Crippen molar-refractivity contribution in [3.63, 3.8) is 0 Å². The van der Waals surface area contributed by atoms with E-state index in [1.807, 2.05) is 5.32 Å². The van der Waals surface area contributed by atoms with Gasteiger partial charge in [-0.15, -0.1) is 0 Å². The van der Waals surface area contributed by atoms with Crippen molar-refractivity contribution < 1.29 is 23.9 Å². The van der Waals surface area contributed by atoms with E-state index in [-0.39, 0.29) is 0 Å². The maximum Gasteiger partial charge on any atom is 0.413 e. The number of hydrogen-bond donors (Lipinski definition) is 3. The van der Waals surface area contributed by atoms with Crippen molar-refractivity contribution in [3.8, 4) is 5.75 Å². The zero-order valence-corrected chi connectivity index (χ0v) is 8.55. The molecule has 0 saturated carbocycles. The van der Waals surface area contributed by atoms with Crippen molar-refractivity contribution in [2.24, 2.45) is 0 Å². The van der Waals surface area contributed by atoms with Gasteiger partial charge in [-0.25, -0.2) is 4.79 Å². The molecular formula is C8H10NO5P. The van der Waals surface area contributed by atoms with E-state index >= 15 is 0 Å². The number of ether oxygens (including phenoxy) is 1. The highest BCUT2D eigenvalue weighted by molar-refractivity contribution is 7.51. The first-order chi connectivity index (χ1) is 6.97. The standard InChI is InChI=1S/C8H10NO5P/c10-8(9-6-15(11,12)13)14-7-4-2-1-3-5-7/h1-5H,6H2,(H,9,10)(H2,11,12,13). The molecule has 0 heterocycles. The van der Waals surface area contributed by atoms with Crippen LogP contribution in [0.1, 0.15) is 0 Å². The molecule has 82 valence electrons. The molecule has 7 heteroatoms. The summed E-state index contributed by atoms with van der Waals surface area (Å²) < 4.78 is 15.1. The molecule has 0 unspecified atom stereocenters. The molecule has 0 aliphatic carbocycles. The van der Waals surface area contributed by atoms with E-state index in [9.17, 15) is 9.36 Å². The Hall–Kier alpha value is -1.36. The summed E-state index contributed by atoms with van der Waals surface area (Å²) in [5.74, 6) is 0.306. The summed E-state index contributed by atoms with van der Waals surface area (Å²) in [5.41, 5.74) is 0. The zero-order chi connectivity index (χ0) is 11.3. The topological polar surface area (TPSA) is 95.9 Å². The highest BCUT2D eigenvalue weighted by Gasteiger charge is 2.14. The number of amides is 1. The Balaban J connectivity index is 2.41. The van der Waals surface area contributed by atoms with Crippen molar-refractivity contribution in [2.45, 2.75) is 0 Å². The first-order valence-corrected chi connectivity index (χ1v) is 5.82. The minimum atomic E-state index is -4.24. The van der Waals surface area contributed by atoms with Crippen LogP contribution in [-0.4, -0.2) is 22.2 Å². The van der Waals surface area contributed by atoms with Crippen LogP contribution < -0.4 is 10.1 Å². The molecule has 6 nitrogen and oxygen atoms in total. The molecule has 1 aromatic carbocycles. The highest BCUT2D eigenvalue weighted by atomic mass is 31.2. The Bertz CT molecular complexity index is 374. The number of para-hydroxylation sites is 1. The van der Waals surface area contributed by atoms with Crippen LogP contribution in [-0.2, 0) is 4.57 Å². The van der Waals surface area contributed by atoms with Crippen LogP contribution in [0.3, 0.4) is 0 Å². The second-order valence-electron chi connectivity index (χ2n) is 2.70. The molecule has 15 heavy (non-hydrogen) atoms. The van der Waals surface area contributed by atoms with Crippen LogP contribution in [0, 0.1) is 0 Å². The van der Waals surface area contributed by atoms with Gasteiger partial charge < -0.3 is 19.8 Å². The van der Waals surface area contributed by atoms with Crippen molar-refractivity contribution in [3.05, 3.63) is 30.3 Å². The van der Waals surface area contributed by atoms with Crippen molar-refractivity contribution in [1.29, 1.82) is 0 Å². The fraction of sp³-hybridized carbons (Fsp3) is 0.125. The molecule has 0 spiro atoms. The molecule has 0 saturated heterocycles. The van der Waals surface area contributed by atoms with Crippen molar-refractivity contribution >= 4 is 13.7 Å². The molecule has 1 aromatic rings. The lowest BCUT2D eigenvalue weighted by Crippen LogP contribution is -2.27. The molecule has 0 fully saturated rings. The lowest BCUT2D eigenvalue weighted by atomic mass is 10.3. The van der Waals surface area contributed by atoms with Gasteiger partial charge >= 0.3 is 13.7 Å². The first kappa shape index (κ1) is 11.7. The van der Waals surface area contributed by atoms with E-state index in [1.54, 1.807) is 30.3 Å². The van der Waals surface area contributed by atoms with Gasteiger partial charge in [-0.05, 0) is 12.1 Å². The summed E-state index contributed by atoms with van der Waals surface area (Å²) in [7, 11) is -4.24. The molecule has 0 aromatic heterocycles. The second-order valence-corrected chi connectivity index (χ2v) is 4.35. The number of rotatable bonds is 3. The molecule has 1 rings (SSSR count). The molecule has 0 atom stereocenters. The van der Waals surface area contributed by atoms with Gasteiger partial charge in [0, 0.05) is 0 Å². The van der Waals surface area contributed by atoms with Gasteiger partial charge in [0.2, 0.25) is 0 Å². The molecule has 0 aliphatic rings. The Labute approximate surface area is 86.0 Å². The van der Waals surface area contributed by atoms with Gasteiger partial charge in [-0.2, -0.15) is 0 Å².